The van der Waals surface area contributed by atoms with Crippen molar-refractivity contribution in [2.45, 2.75) is 157 Å². The fraction of sp³-hybridized carbons (Fsp3) is 0.538. The molecular formula is C65H91ClN10O15. The molecule has 0 radical (unpaired) electrons. The molecule has 2 aromatic carbocycles. The van der Waals surface area contributed by atoms with Crippen LogP contribution in [0, 0.1) is 22.7 Å². The smallest absolute Gasteiger partial charge is 0.321 e. The largest absolute Gasteiger partial charge is 0.451 e. The van der Waals surface area contributed by atoms with Crippen molar-refractivity contribution in [1.82, 2.24) is 52.1 Å². The topological polar surface area (TPSA) is 339 Å². The van der Waals surface area contributed by atoms with Crippen molar-refractivity contribution in [2.75, 3.05) is 46.6 Å². The number of ether oxygens (including phenoxy) is 4. The molecule has 26 heteroatoms. The van der Waals surface area contributed by atoms with Gasteiger partial charge in [-0.05, 0) is 114 Å². The predicted molar refractivity (Wildman–Crippen MR) is 342 cm³/mol. The van der Waals surface area contributed by atoms with Crippen LogP contribution in [0.5, 0.6) is 0 Å². The predicted octanol–water partition coefficient (Wildman–Crippen LogP) is 4.42. The van der Waals surface area contributed by atoms with E-state index in [1.807, 2.05) is 62.4 Å². The average molecular weight is 1290 g/mol. The summed E-state index contributed by atoms with van der Waals surface area (Å²) in [6, 6.07) is 14.7. The molecular weight excluding hydrogens is 1200 g/mol. The number of nitrogens with one attached hydrogen (secondary N) is 6. The standard InChI is InChI=1S/C33H43N5O7.C30H39N5O7.CH4O.CH4.ClH/c1-19(2)27-29(40)35-21(4)30(41)38-15-7-8-25(37-38)28(39)34-20(3)24-12-11-23-10-9-22(16-26(23)36-24)13-14-33(31(42)45-27)17-43-32(5,6)44-18-33;1-17(2)25-27(39)32-19(4)28(40)35-13-5-6-23(34-35)26(38)31-18(3)22-10-9-21-8-7-20(14-24(21)33-22)11-12-30(15-36,16-37)29(41)42-25;1-2;;/h9-14,16,19-21,25,27,37H,7-8,15,17-18H2,1-6H3,(H,34,39)(H,35,40);7-12,14,17-19,23,25,34,36-37H,5-6,13,15-16H2,1-4H3,(H,31,38)(H,32,39);2H,1H3;1H4;1H/b14-13+;12-11+;;;/t20-,21+,25+,27+;18-,19+,23+,25+;;;/m11.../s1. The Labute approximate surface area is 537 Å². The number of aliphatic hydroxyl groups excluding tert-OH is 3. The summed E-state index contributed by atoms with van der Waals surface area (Å²) in [5.41, 5.74) is 6.93. The Morgan fingerprint density at radius 2 is 0.945 bits per heavy atom. The van der Waals surface area contributed by atoms with E-state index in [1.165, 1.54) is 23.0 Å². The number of aromatic nitrogens is 2. The zero-order valence-electron chi connectivity index (χ0n) is 52.9. The molecule has 3 fully saturated rings. The number of benzene rings is 2. The van der Waals surface area contributed by atoms with Crippen LogP contribution in [0.15, 0.2) is 72.8 Å². The zero-order valence-corrected chi connectivity index (χ0v) is 53.7. The van der Waals surface area contributed by atoms with Crippen LogP contribution in [0.2, 0.25) is 0 Å². The third-order valence-corrected chi connectivity index (χ3v) is 16.2. The maximum absolute atomic E-state index is 13.9. The number of cyclic esters (lactones) is 2. The first-order chi connectivity index (χ1) is 42.2. The lowest BCUT2D eigenvalue weighted by molar-refractivity contribution is -0.277. The molecule has 3 saturated heterocycles. The van der Waals surface area contributed by atoms with E-state index in [9.17, 15) is 48.6 Å². The highest BCUT2D eigenvalue weighted by Gasteiger charge is 2.48. The van der Waals surface area contributed by atoms with Gasteiger partial charge in [0.2, 0.25) is 11.8 Å². The molecule has 0 saturated carbocycles. The average Bonchev–Trinajstić information content (AvgIpc) is 1.16. The third kappa shape index (κ3) is 18.0. The number of hydrogen-bond donors (Lipinski definition) is 9. The van der Waals surface area contributed by atoms with Crippen molar-refractivity contribution in [1.29, 1.82) is 0 Å². The third-order valence-electron chi connectivity index (χ3n) is 16.2. The fourth-order valence-corrected chi connectivity index (χ4v) is 10.5. The Kier molecular flexibility index (Phi) is 26.3. The number of carbonyl (C=O) groups is 8. The molecule has 6 amide bonds. The van der Waals surface area contributed by atoms with Gasteiger partial charge < -0.3 is 55.5 Å². The number of hydrogen-bond acceptors (Lipinski definition) is 19. The van der Waals surface area contributed by atoms with E-state index in [0.717, 1.165) is 23.4 Å². The minimum Gasteiger partial charge on any atom is -0.451 e. The van der Waals surface area contributed by atoms with E-state index in [-0.39, 0.29) is 44.9 Å². The highest BCUT2D eigenvalue weighted by atomic mass is 35.5. The molecule has 498 valence electrons. The van der Waals surface area contributed by atoms with E-state index in [2.05, 4.69) is 32.1 Å². The van der Waals surface area contributed by atoms with Crippen LogP contribution in [0.4, 0.5) is 0 Å². The van der Waals surface area contributed by atoms with E-state index >= 15 is 0 Å². The maximum atomic E-state index is 13.9. The molecule has 8 atom stereocenters. The van der Waals surface area contributed by atoms with Crippen LogP contribution in [0.3, 0.4) is 0 Å². The van der Waals surface area contributed by atoms with Crippen LogP contribution < -0.4 is 32.1 Å². The lowest BCUT2D eigenvalue weighted by Gasteiger charge is -2.41. The second-order valence-corrected chi connectivity index (χ2v) is 24.3. The van der Waals surface area contributed by atoms with E-state index in [4.69, 9.17) is 34.0 Å². The molecule has 0 unspecified atom stereocenters. The summed E-state index contributed by atoms with van der Waals surface area (Å²) >= 11 is 0. The first kappa shape index (κ1) is 74.2. The number of halogens is 1. The minimum atomic E-state index is -1.83. The number of hydrazine groups is 2. The van der Waals surface area contributed by atoms with Crippen molar-refractivity contribution < 1.29 is 72.6 Å². The number of carbonyl (C=O) groups excluding carboxylic acids is 8. The lowest BCUT2D eigenvalue weighted by Crippen LogP contribution is -2.61. The second-order valence-electron chi connectivity index (χ2n) is 24.3. The van der Waals surface area contributed by atoms with Crippen molar-refractivity contribution >= 4 is 93.7 Å². The Morgan fingerprint density at radius 1 is 0.560 bits per heavy atom. The monoisotopic (exact) mass is 1290 g/mol. The number of fused-ring (bicyclic) bond motifs is 8. The Hall–Kier alpha value is -7.49. The number of rotatable bonds is 4. The summed E-state index contributed by atoms with van der Waals surface area (Å²) in [7, 11) is 1.00. The van der Waals surface area contributed by atoms with Gasteiger partial charge in [-0.25, -0.2) is 10.9 Å². The van der Waals surface area contributed by atoms with Gasteiger partial charge in [0, 0.05) is 31.0 Å². The van der Waals surface area contributed by atoms with E-state index in [1.54, 1.807) is 78.8 Å². The summed E-state index contributed by atoms with van der Waals surface area (Å²) in [5.74, 6) is -6.13. The van der Waals surface area contributed by atoms with Crippen molar-refractivity contribution in [3.63, 3.8) is 0 Å². The SMILES string of the molecule is C.CC(C)[C@@H]1OC(=O)C(CO)(CO)/C=C/c2ccc3ccc(nc3c2)[C@@H](C)NC(=O)[C@@H]2CCCN(N2)C(=O)[C@H](C)NC1=O.CC(C)[C@@H]1OC(=O)C2(/C=C/c3ccc4ccc(nc4c3)[C@@H](C)NC(=O)[C@@H]3CCCN(N3)C(=O)[C@H](C)NC1=O)COC(C)(C)OC2.CO.Cl. The summed E-state index contributed by atoms with van der Waals surface area (Å²) in [4.78, 5) is 116. The van der Waals surface area contributed by atoms with Gasteiger partial charge in [0.15, 0.2) is 18.0 Å². The second kappa shape index (κ2) is 32.2. The fourth-order valence-electron chi connectivity index (χ4n) is 10.5. The van der Waals surface area contributed by atoms with Crippen molar-refractivity contribution in [3.05, 3.63) is 95.3 Å². The van der Waals surface area contributed by atoms with Gasteiger partial charge in [-0.15, -0.1) is 12.4 Å². The van der Waals surface area contributed by atoms with Gasteiger partial charge in [-0.2, -0.15) is 0 Å². The summed E-state index contributed by atoms with van der Waals surface area (Å²) in [6.07, 6.45) is 6.17. The first-order valence-electron chi connectivity index (χ1n) is 30.2. The number of pyridine rings is 2. The normalized spacial score (nSPS) is 26.4. The minimum absolute atomic E-state index is 0. The van der Waals surface area contributed by atoms with Crippen LogP contribution >= 0.6 is 12.4 Å². The zero-order chi connectivity index (χ0) is 65.1. The highest BCUT2D eigenvalue weighted by molar-refractivity contribution is 5.94. The molecule has 10 bridgehead atoms. The molecule has 9 N–H and O–H groups in total. The van der Waals surface area contributed by atoms with Gasteiger partial charge in [0.05, 0.1) is 60.9 Å². The summed E-state index contributed by atoms with van der Waals surface area (Å²) < 4.78 is 23.3. The highest BCUT2D eigenvalue weighted by Crippen LogP contribution is 2.35. The maximum Gasteiger partial charge on any atom is 0.321 e. The molecule has 91 heavy (non-hydrogen) atoms. The van der Waals surface area contributed by atoms with E-state index in [0.29, 0.717) is 66.8 Å². The van der Waals surface area contributed by atoms with Gasteiger partial charge in [-0.1, -0.05) is 95.8 Å². The van der Waals surface area contributed by atoms with Gasteiger partial charge >= 0.3 is 11.9 Å². The molecule has 7 heterocycles. The van der Waals surface area contributed by atoms with Crippen molar-refractivity contribution in [2.24, 2.45) is 22.7 Å². The van der Waals surface area contributed by atoms with Crippen LogP contribution in [0.25, 0.3) is 34.0 Å². The molecule has 0 aliphatic carbocycles. The molecule has 5 aliphatic heterocycles. The summed E-state index contributed by atoms with van der Waals surface area (Å²) in [5, 5.41) is 43.1. The van der Waals surface area contributed by atoms with E-state index < -0.39 is 126 Å². The quantitative estimate of drug-likeness (QED) is 0.128. The number of aliphatic hydroxyl groups is 3. The van der Waals surface area contributed by atoms with Crippen LogP contribution in [-0.2, 0) is 57.3 Å². The molecule has 25 nitrogen and oxygen atoms in total. The first-order valence-corrected chi connectivity index (χ1v) is 30.2. The Bertz CT molecular complexity index is 3310. The Balaban J connectivity index is 0.000000316. The Morgan fingerprint density at radius 3 is 1.35 bits per heavy atom. The molecule has 9 rings (SSSR count). The number of amides is 6. The van der Waals surface area contributed by atoms with Gasteiger partial charge in [0.25, 0.3) is 23.6 Å². The number of esters is 2. The van der Waals surface area contributed by atoms with Crippen LogP contribution in [0.1, 0.15) is 137 Å². The lowest BCUT2D eigenvalue weighted by atomic mass is 9.87. The molecule has 1 spiro atoms. The summed E-state index contributed by atoms with van der Waals surface area (Å²) in [6.45, 7) is 16.3. The van der Waals surface area contributed by atoms with Crippen molar-refractivity contribution in [3.8, 4) is 0 Å². The molecule has 2 aromatic heterocycles. The molecule has 4 aromatic rings. The number of nitrogens with zero attached hydrogens (tertiary/aromatic N) is 4. The van der Waals surface area contributed by atoms with Crippen LogP contribution in [-0.4, -0.2) is 171 Å². The molecule has 5 aliphatic rings. The van der Waals surface area contributed by atoms with Gasteiger partial charge in [0.1, 0.15) is 35.0 Å². The van der Waals surface area contributed by atoms with Gasteiger partial charge in [-0.3, -0.25) is 58.3 Å².